The van der Waals surface area contributed by atoms with Crippen molar-refractivity contribution in [2.75, 3.05) is 37.7 Å². The Labute approximate surface area is 121 Å². The maximum Gasteiger partial charge on any atom is 0.254 e. The van der Waals surface area contributed by atoms with E-state index in [1.807, 2.05) is 24.3 Å². The maximum absolute atomic E-state index is 12.3. The van der Waals surface area contributed by atoms with Crippen molar-refractivity contribution >= 4 is 11.6 Å². The molecule has 0 aliphatic rings. The zero-order chi connectivity index (χ0) is 15.0. The van der Waals surface area contributed by atoms with E-state index < -0.39 is 0 Å². The molecule has 0 fully saturated rings. The van der Waals surface area contributed by atoms with Gasteiger partial charge in [0.1, 0.15) is 0 Å². The van der Waals surface area contributed by atoms with Gasteiger partial charge in [0.15, 0.2) is 0 Å². The second-order valence-electron chi connectivity index (χ2n) is 4.48. The summed E-state index contributed by atoms with van der Waals surface area (Å²) in [6.45, 7) is 10.5. The molecule has 4 nitrogen and oxygen atoms in total. The lowest BCUT2D eigenvalue weighted by atomic mass is 10.1. The molecule has 0 atom stereocenters. The van der Waals surface area contributed by atoms with E-state index in [2.05, 4.69) is 25.3 Å². The standard InChI is InChI=1S/C16H24N2O2/c1-4-11-18(12-13-19)16(20)14-7-9-15(10-8-14)17(5-2)6-3/h4,7-10,19H,1,5-6,11-13H2,2-3H3. The fraction of sp³-hybridized carbons (Fsp3) is 0.438. The second kappa shape index (κ2) is 8.38. The molecule has 0 aliphatic carbocycles. The first-order valence-electron chi connectivity index (χ1n) is 7.03. The summed E-state index contributed by atoms with van der Waals surface area (Å²) in [6, 6.07) is 7.60. The highest BCUT2D eigenvalue weighted by molar-refractivity contribution is 5.94. The molecular weight excluding hydrogens is 252 g/mol. The molecule has 110 valence electrons. The van der Waals surface area contributed by atoms with Crippen LogP contribution in [0.1, 0.15) is 24.2 Å². The van der Waals surface area contributed by atoms with Gasteiger partial charge < -0.3 is 14.9 Å². The molecule has 0 aromatic heterocycles. The minimum Gasteiger partial charge on any atom is -0.395 e. The summed E-state index contributed by atoms with van der Waals surface area (Å²) in [5.41, 5.74) is 1.75. The lowest BCUT2D eigenvalue weighted by molar-refractivity contribution is 0.0743. The Hall–Kier alpha value is -1.81. The molecule has 0 saturated carbocycles. The van der Waals surface area contributed by atoms with Crippen LogP contribution in [0.4, 0.5) is 5.69 Å². The number of anilines is 1. The number of benzene rings is 1. The number of aliphatic hydroxyl groups is 1. The highest BCUT2D eigenvalue weighted by atomic mass is 16.3. The summed E-state index contributed by atoms with van der Waals surface area (Å²) < 4.78 is 0. The quantitative estimate of drug-likeness (QED) is 0.740. The van der Waals surface area contributed by atoms with E-state index in [1.165, 1.54) is 0 Å². The van der Waals surface area contributed by atoms with Crippen LogP contribution >= 0.6 is 0 Å². The number of hydrogen-bond donors (Lipinski definition) is 1. The highest BCUT2D eigenvalue weighted by Crippen LogP contribution is 2.16. The highest BCUT2D eigenvalue weighted by Gasteiger charge is 2.14. The number of rotatable bonds is 8. The van der Waals surface area contributed by atoms with Crippen LogP contribution < -0.4 is 4.90 Å². The van der Waals surface area contributed by atoms with Crippen LogP contribution in [0.2, 0.25) is 0 Å². The van der Waals surface area contributed by atoms with Crippen LogP contribution in [0, 0.1) is 0 Å². The molecule has 0 saturated heterocycles. The normalized spacial score (nSPS) is 10.2. The lowest BCUT2D eigenvalue weighted by Gasteiger charge is -2.22. The average molecular weight is 276 g/mol. The topological polar surface area (TPSA) is 43.8 Å². The Morgan fingerprint density at radius 3 is 2.30 bits per heavy atom. The summed E-state index contributed by atoms with van der Waals surface area (Å²) >= 11 is 0. The van der Waals surface area contributed by atoms with Crippen molar-refractivity contribution < 1.29 is 9.90 Å². The number of amides is 1. The minimum absolute atomic E-state index is 0.0445. The maximum atomic E-state index is 12.3. The molecule has 0 spiro atoms. The van der Waals surface area contributed by atoms with Gasteiger partial charge in [-0.05, 0) is 38.1 Å². The van der Waals surface area contributed by atoms with Crippen molar-refractivity contribution in [3.8, 4) is 0 Å². The van der Waals surface area contributed by atoms with Crippen LogP contribution in [-0.2, 0) is 0 Å². The molecule has 20 heavy (non-hydrogen) atoms. The van der Waals surface area contributed by atoms with Gasteiger partial charge in [-0.25, -0.2) is 0 Å². The Balaban J connectivity index is 2.85. The fourth-order valence-corrected chi connectivity index (χ4v) is 2.14. The molecule has 0 radical (unpaired) electrons. The van der Waals surface area contributed by atoms with E-state index in [0.29, 0.717) is 18.7 Å². The summed E-state index contributed by atoms with van der Waals surface area (Å²) in [5, 5.41) is 9.00. The lowest BCUT2D eigenvalue weighted by Crippen LogP contribution is -2.33. The largest absolute Gasteiger partial charge is 0.395 e. The molecule has 1 amide bonds. The van der Waals surface area contributed by atoms with Gasteiger partial charge in [0.2, 0.25) is 0 Å². The number of aliphatic hydroxyl groups excluding tert-OH is 1. The third kappa shape index (κ3) is 4.10. The third-order valence-corrected chi connectivity index (χ3v) is 3.25. The van der Waals surface area contributed by atoms with Crippen LogP contribution in [-0.4, -0.2) is 48.7 Å². The van der Waals surface area contributed by atoms with Gasteiger partial charge in [-0.3, -0.25) is 4.79 Å². The summed E-state index contributed by atoms with van der Waals surface area (Å²) in [6.07, 6.45) is 1.66. The van der Waals surface area contributed by atoms with Crippen molar-refractivity contribution in [2.45, 2.75) is 13.8 Å². The first-order chi connectivity index (χ1) is 9.67. The number of hydrogen-bond acceptors (Lipinski definition) is 3. The molecule has 1 aromatic rings. The van der Waals surface area contributed by atoms with Crippen LogP contribution in [0.25, 0.3) is 0 Å². The SMILES string of the molecule is C=CCN(CCO)C(=O)c1ccc(N(CC)CC)cc1. The van der Waals surface area contributed by atoms with Gasteiger partial charge >= 0.3 is 0 Å². The molecular formula is C16H24N2O2. The number of carbonyl (C=O) groups is 1. The Bertz CT molecular complexity index is 425. The van der Waals surface area contributed by atoms with Crippen LogP contribution in [0.15, 0.2) is 36.9 Å². The Kier molecular flexibility index (Phi) is 6.81. The molecule has 0 heterocycles. The van der Waals surface area contributed by atoms with Crippen molar-refractivity contribution in [2.24, 2.45) is 0 Å². The van der Waals surface area contributed by atoms with Crippen LogP contribution in [0.5, 0.6) is 0 Å². The molecule has 0 unspecified atom stereocenters. The zero-order valence-electron chi connectivity index (χ0n) is 12.4. The first kappa shape index (κ1) is 16.2. The van der Waals surface area contributed by atoms with Gasteiger partial charge in [0.05, 0.1) is 6.61 Å². The molecule has 0 aliphatic heterocycles. The third-order valence-electron chi connectivity index (χ3n) is 3.25. The fourth-order valence-electron chi connectivity index (χ4n) is 2.14. The van der Waals surface area contributed by atoms with Gasteiger partial charge in [-0.2, -0.15) is 0 Å². The van der Waals surface area contributed by atoms with Crippen molar-refractivity contribution in [3.05, 3.63) is 42.5 Å². The molecule has 4 heteroatoms. The summed E-state index contributed by atoms with van der Waals surface area (Å²) in [7, 11) is 0. The van der Waals surface area contributed by atoms with E-state index in [-0.39, 0.29) is 12.5 Å². The van der Waals surface area contributed by atoms with E-state index in [4.69, 9.17) is 5.11 Å². The van der Waals surface area contributed by atoms with Gasteiger partial charge in [-0.15, -0.1) is 6.58 Å². The van der Waals surface area contributed by atoms with Gasteiger partial charge in [0, 0.05) is 37.4 Å². The zero-order valence-corrected chi connectivity index (χ0v) is 12.4. The molecule has 1 aromatic carbocycles. The predicted octanol–water partition coefficient (Wildman–Crippen LogP) is 2.15. The Morgan fingerprint density at radius 2 is 1.85 bits per heavy atom. The minimum atomic E-state index is -0.0787. The number of nitrogens with zero attached hydrogens (tertiary/aromatic N) is 2. The molecule has 1 N–H and O–H groups in total. The predicted molar refractivity (Wildman–Crippen MR) is 83.2 cm³/mol. The summed E-state index contributed by atoms with van der Waals surface area (Å²) in [4.78, 5) is 16.1. The average Bonchev–Trinajstić information content (AvgIpc) is 2.48. The smallest absolute Gasteiger partial charge is 0.254 e. The van der Waals surface area contributed by atoms with E-state index in [9.17, 15) is 4.79 Å². The molecule has 1 rings (SSSR count). The van der Waals surface area contributed by atoms with Crippen LogP contribution in [0.3, 0.4) is 0 Å². The van der Waals surface area contributed by atoms with Gasteiger partial charge in [0.25, 0.3) is 5.91 Å². The van der Waals surface area contributed by atoms with Crippen molar-refractivity contribution in [1.29, 1.82) is 0 Å². The molecule has 0 bridgehead atoms. The van der Waals surface area contributed by atoms with E-state index >= 15 is 0 Å². The van der Waals surface area contributed by atoms with Crippen molar-refractivity contribution in [1.82, 2.24) is 4.90 Å². The second-order valence-corrected chi connectivity index (χ2v) is 4.48. The first-order valence-corrected chi connectivity index (χ1v) is 7.03. The summed E-state index contributed by atoms with van der Waals surface area (Å²) in [5.74, 6) is -0.0787. The van der Waals surface area contributed by atoms with Crippen molar-refractivity contribution in [3.63, 3.8) is 0 Å². The van der Waals surface area contributed by atoms with E-state index in [1.54, 1.807) is 11.0 Å². The monoisotopic (exact) mass is 276 g/mol. The Morgan fingerprint density at radius 1 is 1.25 bits per heavy atom. The number of carbonyl (C=O) groups excluding carboxylic acids is 1. The van der Waals surface area contributed by atoms with E-state index in [0.717, 1.165) is 18.8 Å². The van der Waals surface area contributed by atoms with Gasteiger partial charge in [-0.1, -0.05) is 6.08 Å².